The Balaban J connectivity index is 0.00000116. The summed E-state index contributed by atoms with van der Waals surface area (Å²) >= 11 is 0. The van der Waals surface area contributed by atoms with Crippen LogP contribution < -0.4 is 0 Å². The maximum Gasteiger partial charge on any atom is 0.0485 e. The molecule has 1 nitrogen and oxygen atoms in total. The third kappa shape index (κ3) is 3.24. The second-order valence-electron chi connectivity index (χ2n) is 5.50. The third-order valence-electron chi connectivity index (χ3n) is 3.78. The van der Waals surface area contributed by atoms with Gasteiger partial charge in [-0.1, -0.05) is 62.9 Å². The second-order valence-corrected chi connectivity index (χ2v) is 5.50. The summed E-state index contributed by atoms with van der Waals surface area (Å²) in [6.45, 7) is 20.7. The molecule has 0 bridgehead atoms. The average molecular weight is 295 g/mol. The van der Waals surface area contributed by atoms with E-state index in [0.29, 0.717) is 6.04 Å². The molecular weight excluding hydrogens is 266 g/mol. The zero-order valence-electron chi connectivity index (χ0n) is 14.9. The fourth-order valence-corrected chi connectivity index (χ4v) is 2.92. The van der Waals surface area contributed by atoms with Gasteiger partial charge in [0.25, 0.3) is 0 Å². The van der Waals surface area contributed by atoms with E-state index < -0.39 is 0 Å². The molecule has 1 aromatic heterocycles. The van der Waals surface area contributed by atoms with E-state index in [0.717, 1.165) is 5.69 Å². The quantitative estimate of drug-likeness (QED) is 0.594. The molecule has 0 fully saturated rings. The molecule has 0 aliphatic carbocycles. The van der Waals surface area contributed by atoms with Crippen LogP contribution in [-0.2, 0) is 0 Å². The van der Waals surface area contributed by atoms with Crippen molar-refractivity contribution in [2.45, 2.75) is 47.6 Å². The molecule has 0 saturated carbocycles. The SMILES string of the molecule is C=Cc1c(-c2ccc(C)cc2)c(C)n(C(C)C)c1C=C.CC. The van der Waals surface area contributed by atoms with E-state index in [1.807, 2.05) is 26.0 Å². The fraction of sp³-hybridized carbons (Fsp3) is 0.333. The average Bonchev–Trinajstić information content (AvgIpc) is 2.82. The van der Waals surface area contributed by atoms with E-state index in [1.54, 1.807) is 0 Å². The predicted octanol–water partition coefficient (Wildman–Crippen LogP) is 6.67. The van der Waals surface area contributed by atoms with Crippen LogP contribution >= 0.6 is 0 Å². The van der Waals surface area contributed by atoms with Crippen molar-refractivity contribution in [2.75, 3.05) is 0 Å². The minimum Gasteiger partial charge on any atom is -0.342 e. The Hall–Kier alpha value is -2.02. The van der Waals surface area contributed by atoms with Gasteiger partial charge in [-0.25, -0.2) is 0 Å². The zero-order valence-corrected chi connectivity index (χ0v) is 14.9. The van der Waals surface area contributed by atoms with Gasteiger partial charge in [-0.05, 0) is 39.3 Å². The van der Waals surface area contributed by atoms with Crippen molar-refractivity contribution in [1.82, 2.24) is 4.57 Å². The van der Waals surface area contributed by atoms with E-state index in [1.165, 1.54) is 27.9 Å². The standard InChI is InChI=1S/C19H23N.C2H6/c1-7-17-18(8-2)20(13(3)4)15(6)19(17)16-11-9-14(5)10-12-16;1-2/h7-13H,1-2H2,3-6H3;1-2H3. The molecule has 2 rings (SSSR count). The van der Waals surface area contributed by atoms with E-state index in [2.05, 4.69) is 69.7 Å². The van der Waals surface area contributed by atoms with Gasteiger partial charge in [-0.2, -0.15) is 0 Å². The Labute approximate surface area is 136 Å². The van der Waals surface area contributed by atoms with Crippen molar-refractivity contribution >= 4 is 12.2 Å². The number of aryl methyl sites for hydroxylation is 1. The molecule has 0 unspecified atom stereocenters. The van der Waals surface area contributed by atoms with Crippen LogP contribution in [0.4, 0.5) is 0 Å². The van der Waals surface area contributed by atoms with Crippen molar-refractivity contribution in [3.8, 4) is 11.1 Å². The molecule has 0 amide bonds. The monoisotopic (exact) mass is 295 g/mol. The molecule has 1 aromatic carbocycles. The summed E-state index contributed by atoms with van der Waals surface area (Å²) in [7, 11) is 0. The molecule has 22 heavy (non-hydrogen) atoms. The fourth-order valence-electron chi connectivity index (χ4n) is 2.92. The van der Waals surface area contributed by atoms with E-state index in [-0.39, 0.29) is 0 Å². The first-order valence-electron chi connectivity index (χ1n) is 8.08. The summed E-state index contributed by atoms with van der Waals surface area (Å²) in [5.74, 6) is 0. The van der Waals surface area contributed by atoms with Crippen LogP contribution in [0.25, 0.3) is 23.3 Å². The van der Waals surface area contributed by atoms with E-state index in [4.69, 9.17) is 0 Å². The minimum atomic E-state index is 0.404. The van der Waals surface area contributed by atoms with Gasteiger partial charge < -0.3 is 4.57 Å². The molecule has 0 aliphatic heterocycles. The van der Waals surface area contributed by atoms with Gasteiger partial charge in [-0.15, -0.1) is 0 Å². The van der Waals surface area contributed by atoms with Crippen LogP contribution in [-0.4, -0.2) is 4.57 Å². The predicted molar refractivity (Wildman–Crippen MR) is 101 cm³/mol. The van der Waals surface area contributed by atoms with Gasteiger partial charge >= 0.3 is 0 Å². The van der Waals surface area contributed by atoms with Crippen molar-refractivity contribution in [1.29, 1.82) is 0 Å². The lowest BCUT2D eigenvalue weighted by atomic mass is 9.99. The van der Waals surface area contributed by atoms with Gasteiger partial charge in [0.1, 0.15) is 0 Å². The van der Waals surface area contributed by atoms with Crippen LogP contribution in [0.3, 0.4) is 0 Å². The largest absolute Gasteiger partial charge is 0.342 e. The van der Waals surface area contributed by atoms with Gasteiger partial charge in [-0.3, -0.25) is 0 Å². The van der Waals surface area contributed by atoms with Gasteiger partial charge in [0.2, 0.25) is 0 Å². The maximum atomic E-state index is 4.00. The summed E-state index contributed by atoms with van der Waals surface area (Å²) in [4.78, 5) is 0. The Bertz CT molecular complexity index is 640. The number of hydrogen-bond acceptors (Lipinski definition) is 0. The topological polar surface area (TPSA) is 4.93 Å². The number of rotatable bonds is 4. The lowest BCUT2D eigenvalue weighted by molar-refractivity contribution is 0.585. The Morgan fingerprint density at radius 1 is 0.955 bits per heavy atom. The highest BCUT2D eigenvalue weighted by Gasteiger charge is 2.19. The molecule has 0 radical (unpaired) electrons. The maximum absolute atomic E-state index is 4.00. The van der Waals surface area contributed by atoms with Gasteiger partial charge in [0.05, 0.1) is 0 Å². The van der Waals surface area contributed by atoms with Crippen LogP contribution in [0.1, 0.15) is 56.3 Å². The number of hydrogen-bond donors (Lipinski definition) is 0. The highest BCUT2D eigenvalue weighted by Crippen LogP contribution is 2.36. The van der Waals surface area contributed by atoms with Crippen molar-refractivity contribution < 1.29 is 0 Å². The van der Waals surface area contributed by atoms with Crippen LogP contribution in [0.5, 0.6) is 0 Å². The summed E-state index contributed by atoms with van der Waals surface area (Å²) in [5.41, 5.74) is 7.39. The lowest BCUT2D eigenvalue weighted by Gasteiger charge is -2.14. The molecular formula is C21H29N. The normalized spacial score (nSPS) is 10.1. The highest BCUT2D eigenvalue weighted by molar-refractivity contribution is 5.82. The highest BCUT2D eigenvalue weighted by atomic mass is 15.0. The minimum absolute atomic E-state index is 0.404. The van der Waals surface area contributed by atoms with E-state index in [9.17, 15) is 0 Å². The smallest absolute Gasteiger partial charge is 0.0485 e. The molecule has 0 N–H and O–H groups in total. The summed E-state index contributed by atoms with van der Waals surface area (Å²) in [6.07, 6.45) is 3.87. The van der Waals surface area contributed by atoms with Crippen LogP contribution in [0, 0.1) is 13.8 Å². The Kier molecular flexibility index (Phi) is 6.42. The molecule has 1 heterocycles. The first-order chi connectivity index (χ1) is 10.5. The molecule has 0 atom stereocenters. The number of nitrogens with zero attached hydrogens (tertiary/aromatic N) is 1. The first-order valence-corrected chi connectivity index (χ1v) is 8.08. The molecule has 0 aliphatic rings. The van der Waals surface area contributed by atoms with Gasteiger partial charge in [0.15, 0.2) is 0 Å². The molecule has 118 valence electrons. The Morgan fingerprint density at radius 3 is 1.91 bits per heavy atom. The molecule has 1 heteroatoms. The summed E-state index contributed by atoms with van der Waals surface area (Å²) in [6, 6.07) is 9.08. The third-order valence-corrected chi connectivity index (χ3v) is 3.78. The van der Waals surface area contributed by atoms with Crippen molar-refractivity contribution in [2.24, 2.45) is 0 Å². The molecule has 0 spiro atoms. The Morgan fingerprint density at radius 2 is 1.50 bits per heavy atom. The van der Waals surface area contributed by atoms with Crippen LogP contribution in [0.2, 0.25) is 0 Å². The van der Waals surface area contributed by atoms with Gasteiger partial charge in [0, 0.05) is 28.6 Å². The first kappa shape index (κ1) is 18.0. The summed E-state index contributed by atoms with van der Waals surface area (Å²) < 4.78 is 2.33. The van der Waals surface area contributed by atoms with Crippen molar-refractivity contribution in [3.05, 3.63) is 59.9 Å². The summed E-state index contributed by atoms with van der Waals surface area (Å²) in [5, 5.41) is 0. The zero-order chi connectivity index (χ0) is 16.9. The number of aromatic nitrogens is 1. The molecule has 2 aromatic rings. The van der Waals surface area contributed by atoms with E-state index >= 15 is 0 Å². The number of benzene rings is 1. The van der Waals surface area contributed by atoms with Crippen molar-refractivity contribution in [3.63, 3.8) is 0 Å². The lowest BCUT2D eigenvalue weighted by Crippen LogP contribution is -2.05. The second kappa shape index (κ2) is 7.84. The molecule has 0 saturated heterocycles. The van der Waals surface area contributed by atoms with Crippen LogP contribution in [0.15, 0.2) is 37.4 Å².